The first-order chi connectivity index (χ1) is 5.55. The predicted octanol–water partition coefficient (Wildman–Crippen LogP) is 2.46. The average Bonchev–Trinajstić information content (AvgIpc) is 2.38. The zero-order chi connectivity index (χ0) is 9.19. The van der Waals surface area contributed by atoms with Crippen LogP contribution in [0.4, 0.5) is 0 Å². The van der Waals surface area contributed by atoms with E-state index in [0.717, 1.165) is 10.6 Å². The summed E-state index contributed by atoms with van der Waals surface area (Å²) in [6.45, 7) is 6.33. The summed E-state index contributed by atoms with van der Waals surface area (Å²) in [5.74, 6) is 5.34. The van der Waals surface area contributed by atoms with Gasteiger partial charge in [-0.25, -0.2) is 0 Å². The fourth-order valence-electron chi connectivity index (χ4n) is 1.04. The Balaban J connectivity index is 3.01. The molecule has 3 heteroatoms. The second-order valence-electron chi connectivity index (χ2n) is 3.71. The first-order valence-corrected chi connectivity index (χ1v) is 4.76. The number of hydrogen-bond donors (Lipinski definition) is 1. The minimum atomic E-state index is 0.0274. The third kappa shape index (κ3) is 1.85. The van der Waals surface area contributed by atoms with Gasteiger partial charge in [0.05, 0.1) is 10.6 Å². The van der Waals surface area contributed by atoms with Crippen molar-refractivity contribution >= 4 is 17.0 Å². The molecule has 66 valence electrons. The van der Waals surface area contributed by atoms with Crippen molar-refractivity contribution in [3.05, 3.63) is 22.4 Å². The molecule has 0 radical (unpaired) electrons. The highest BCUT2D eigenvalue weighted by molar-refractivity contribution is 7.12. The van der Waals surface area contributed by atoms with Crippen LogP contribution in [0, 0.1) is 5.41 Å². The summed E-state index contributed by atoms with van der Waals surface area (Å²) < 4.78 is 0. The zero-order valence-corrected chi connectivity index (χ0v) is 8.48. The van der Waals surface area contributed by atoms with Crippen molar-refractivity contribution in [3.63, 3.8) is 0 Å². The van der Waals surface area contributed by atoms with Crippen molar-refractivity contribution in [2.75, 3.05) is 0 Å². The molecule has 1 heterocycles. The number of hydrazone groups is 1. The average molecular weight is 182 g/mol. The molecule has 0 amide bonds. The van der Waals surface area contributed by atoms with Crippen LogP contribution < -0.4 is 5.84 Å². The van der Waals surface area contributed by atoms with Crippen LogP contribution in [0.25, 0.3) is 0 Å². The first-order valence-electron chi connectivity index (χ1n) is 3.88. The number of thiophene rings is 1. The molecule has 1 rings (SSSR count). The Morgan fingerprint density at radius 2 is 2.17 bits per heavy atom. The van der Waals surface area contributed by atoms with Crippen molar-refractivity contribution in [1.82, 2.24) is 0 Å². The Kier molecular flexibility index (Phi) is 2.52. The van der Waals surface area contributed by atoms with Gasteiger partial charge in [-0.15, -0.1) is 11.3 Å². The van der Waals surface area contributed by atoms with Crippen LogP contribution in [-0.4, -0.2) is 5.71 Å². The summed E-state index contributed by atoms with van der Waals surface area (Å²) in [6.07, 6.45) is 0. The molecule has 0 saturated carbocycles. The molecular formula is C9H14N2S. The molecule has 1 aromatic heterocycles. The van der Waals surface area contributed by atoms with Crippen LogP contribution in [-0.2, 0) is 0 Å². The molecule has 0 unspecified atom stereocenters. The second kappa shape index (κ2) is 3.27. The summed E-state index contributed by atoms with van der Waals surface area (Å²) in [5, 5.41) is 5.86. The van der Waals surface area contributed by atoms with E-state index in [9.17, 15) is 0 Å². The van der Waals surface area contributed by atoms with Gasteiger partial charge in [-0.2, -0.15) is 5.10 Å². The maximum atomic E-state index is 5.34. The minimum absolute atomic E-state index is 0.0274. The van der Waals surface area contributed by atoms with Crippen molar-refractivity contribution in [1.29, 1.82) is 0 Å². The Bertz CT molecular complexity index is 267. The lowest BCUT2D eigenvalue weighted by Crippen LogP contribution is -2.21. The van der Waals surface area contributed by atoms with Crippen LogP contribution in [0.1, 0.15) is 25.6 Å². The first kappa shape index (κ1) is 9.26. The third-order valence-corrected chi connectivity index (χ3v) is 2.47. The minimum Gasteiger partial charge on any atom is -0.323 e. The monoisotopic (exact) mass is 182 g/mol. The van der Waals surface area contributed by atoms with Gasteiger partial charge >= 0.3 is 0 Å². The van der Waals surface area contributed by atoms with Crippen molar-refractivity contribution < 1.29 is 0 Å². The Labute approximate surface area is 77.1 Å². The van der Waals surface area contributed by atoms with E-state index in [1.165, 1.54) is 0 Å². The lowest BCUT2D eigenvalue weighted by Gasteiger charge is -2.18. The maximum Gasteiger partial charge on any atom is 0.0825 e. The van der Waals surface area contributed by atoms with Gasteiger partial charge in [0.2, 0.25) is 0 Å². The molecular weight excluding hydrogens is 168 g/mol. The van der Waals surface area contributed by atoms with Gasteiger partial charge in [0.1, 0.15) is 0 Å². The lowest BCUT2D eigenvalue weighted by molar-refractivity contribution is 0.591. The molecule has 0 aliphatic carbocycles. The molecule has 0 fully saturated rings. The van der Waals surface area contributed by atoms with Crippen LogP contribution in [0.5, 0.6) is 0 Å². The van der Waals surface area contributed by atoms with Crippen LogP contribution in [0.2, 0.25) is 0 Å². The molecule has 0 aliphatic rings. The van der Waals surface area contributed by atoms with E-state index in [2.05, 4.69) is 25.9 Å². The van der Waals surface area contributed by atoms with Gasteiger partial charge in [-0.3, -0.25) is 0 Å². The number of nitrogens with two attached hydrogens (primary N) is 1. The molecule has 0 atom stereocenters. The van der Waals surface area contributed by atoms with E-state index in [0.29, 0.717) is 0 Å². The number of rotatable bonds is 1. The quantitative estimate of drug-likeness (QED) is 0.404. The standard InChI is InChI=1S/C9H14N2S/c1-9(2,3)8(11-10)7-5-4-6-12-7/h4-6H,10H2,1-3H3/b11-8+. The van der Waals surface area contributed by atoms with Crippen LogP contribution >= 0.6 is 11.3 Å². The fraction of sp³-hybridized carbons (Fsp3) is 0.444. The van der Waals surface area contributed by atoms with Crippen LogP contribution in [0.15, 0.2) is 22.6 Å². The SMILES string of the molecule is CC(C)(C)/C(=N/N)c1cccs1. The highest BCUT2D eigenvalue weighted by Gasteiger charge is 2.21. The Morgan fingerprint density at radius 1 is 1.50 bits per heavy atom. The molecule has 1 aromatic rings. The van der Waals surface area contributed by atoms with Gasteiger partial charge in [-0.1, -0.05) is 26.8 Å². The second-order valence-corrected chi connectivity index (χ2v) is 4.65. The molecule has 12 heavy (non-hydrogen) atoms. The summed E-state index contributed by atoms with van der Waals surface area (Å²) >= 11 is 1.67. The summed E-state index contributed by atoms with van der Waals surface area (Å²) in [6, 6.07) is 4.05. The molecule has 2 nitrogen and oxygen atoms in total. The Morgan fingerprint density at radius 3 is 2.50 bits per heavy atom. The summed E-state index contributed by atoms with van der Waals surface area (Å²) in [4.78, 5) is 1.16. The maximum absolute atomic E-state index is 5.34. The van der Waals surface area contributed by atoms with Crippen molar-refractivity contribution in [2.24, 2.45) is 16.4 Å². The normalized spacial score (nSPS) is 13.4. The van der Waals surface area contributed by atoms with Crippen molar-refractivity contribution in [3.8, 4) is 0 Å². The van der Waals surface area contributed by atoms with Crippen LogP contribution in [0.3, 0.4) is 0 Å². The van der Waals surface area contributed by atoms with E-state index in [4.69, 9.17) is 5.84 Å². The van der Waals surface area contributed by atoms with Gasteiger partial charge in [0.25, 0.3) is 0 Å². The van der Waals surface area contributed by atoms with E-state index >= 15 is 0 Å². The largest absolute Gasteiger partial charge is 0.323 e. The van der Waals surface area contributed by atoms with Gasteiger partial charge in [0.15, 0.2) is 0 Å². The molecule has 0 aliphatic heterocycles. The molecule has 0 aromatic carbocycles. The summed E-state index contributed by atoms with van der Waals surface area (Å²) in [5.41, 5.74) is 0.997. The van der Waals surface area contributed by atoms with E-state index < -0.39 is 0 Å². The topological polar surface area (TPSA) is 38.4 Å². The zero-order valence-electron chi connectivity index (χ0n) is 7.66. The van der Waals surface area contributed by atoms with Gasteiger partial charge in [-0.05, 0) is 11.4 Å². The highest BCUT2D eigenvalue weighted by Crippen LogP contribution is 2.24. The highest BCUT2D eigenvalue weighted by atomic mass is 32.1. The van der Waals surface area contributed by atoms with Gasteiger partial charge in [0, 0.05) is 5.41 Å². The van der Waals surface area contributed by atoms with E-state index in [1.54, 1.807) is 11.3 Å². The number of hydrogen-bond acceptors (Lipinski definition) is 3. The molecule has 0 bridgehead atoms. The molecule has 0 spiro atoms. The number of nitrogens with zero attached hydrogens (tertiary/aromatic N) is 1. The third-order valence-electron chi connectivity index (χ3n) is 1.59. The molecule has 2 N–H and O–H groups in total. The van der Waals surface area contributed by atoms with E-state index in [1.807, 2.05) is 17.5 Å². The van der Waals surface area contributed by atoms with Crippen molar-refractivity contribution in [2.45, 2.75) is 20.8 Å². The molecule has 0 saturated heterocycles. The van der Waals surface area contributed by atoms with Gasteiger partial charge < -0.3 is 5.84 Å². The smallest absolute Gasteiger partial charge is 0.0825 e. The predicted molar refractivity (Wildman–Crippen MR) is 54.5 cm³/mol. The lowest BCUT2D eigenvalue weighted by atomic mass is 9.89. The Hall–Kier alpha value is -0.830. The fourth-order valence-corrected chi connectivity index (χ4v) is 1.97. The summed E-state index contributed by atoms with van der Waals surface area (Å²) in [7, 11) is 0. The van der Waals surface area contributed by atoms with E-state index in [-0.39, 0.29) is 5.41 Å².